The van der Waals surface area contributed by atoms with Crippen LogP contribution in [0.4, 0.5) is 0 Å². The molecule has 0 spiro atoms. The molecule has 0 aromatic carbocycles. The van der Waals surface area contributed by atoms with Gasteiger partial charge < -0.3 is 10.8 Å². The van der Waals surface area contributed by atoms with Gasteiger partial charge >= 0.3 is 5.97 Å². The molecular weight excluding hydrogens is 178 g/mol. The van der Waals surface area contributed by atoms with Crippen molar-refractivity contribution in [1.82, 2.24) is 0 Å². The molecule has 80 valence electrons. The SMILES string of the molecule is NC1(CCC2CCC[C@@H]2C(=O)O)CC1. The highest BCUT2D eigenvalue weighted by Gasteiger charge is 2.40. The molecule has 2 fully saturated rings. The van der Waals surface area contributed by atoms with E-state index < -0.39 is 5.97 Å². The number of hydrogen-bond acceptors (Lipinski definition) is 2. The zero-order valence-electron chi connectivity index (χ0n) is 8.54. The molecule has 0 aromatic rings. The van der Waals surface area contributed by atoms with Crippen LogP contribution in [0.2, 0.25) is 0 Å². The first-order valence-electron chi connectivity index (χ1n) is 5.62. The molecule has 0 aromatic heterocycles. The molecule has 0 aliphatic heterocycles. The molecule has 0 saturated heterocycles. The summed E-state index contributed by atoms with van der Waals surface area (Å²) in [4.78, 5) is 10.9. The first-order chi connectivity index (χ1) is 6.61. The number of carboxylic acids is 1. The van der Waals surface area contributed by atoms with Crippen LogP contribution in [0.5, 0.6) is 0 Å². The van der Waals surface area contributed by atoms with Gasteiger partial charge in [-0.15, -0.1) is 0 Å². The highest BCUT2D eigenvalue weighted by molar-refractivity contribution is 5.70. The zero-order chi connectivity index (χ0) is 10.2. The smallest absolute Gasteiger partial charge is 0.306 e. The second kappa shape index (κ2) is 3.54. The summed E-state index contributed by atoms with van der Waals surface area (Å²) in [7, 11) is 0. The molecule has 3 N–H and O–H groups in total. The molecule has 0 heterocycles. The third-order valence-electron chi connectivity index (χ3n) is 3.88. The quantitative estimate of drug-likeness (QED) is 0.721. The number of carboxylic acid groups (broad SMARTS) is 1. The molecule has 2 saturated carbocycles. The van der Waals surface area contributed by atoms with Gasteiger partial charge in [-0.2, -0.15) is 0 Å². The van der Waals surface area contributed by atoms with Gasteiger partial charge in [-0.25, -0.2) is 0 Å². The molecule has 2 rings (SSSR count). The average Bonchev–Trinajstić information content (AvgIpc) is 2.68. The van der Waals surface area contributed by atoms with Crippen LogP contribution >= 0.6 is 0 Å². The highest BCUT2D eigenvalue weighted by Crippen LogP contribution is 2.42. The molecule has 2 atom stereocenters. The monoisotopic (exact) mass is 197 g/mol. The Morgan fingerprint density at radius 1 is 1.43 bits per heavy atom. The van der Waals surface area contributed by atoms with Crippen LogP contribution in [0, 0.1) is 11.8 Å². The van der Waals surface area contributed by atoms with E-state index in [1.165, 1.54) is 0 Å². The fourth-order valence-corrected chi connectivity index (χ4v) is 2.59. The lowest BCUT2D eigenvalue weighted by molar-refractivity contribution is -0.143. The summed E-state index contributed by atoms with van der Waals surface area (Å²) in [6.45, 7) is 0. The first-order valence-corrected chi connectivity index (χ1v) is 5.62. The van der Waals surface area contributed by atoms with Gasteiger partial charge in [0.15, 0.2) is 0 Å². The Morgan fingerprint density at radius 3 is 2.71 bits per heavy atom. The molecule has 1 unspecified atom stereocenters. The lowest BCUT2D eigenvalue weighted by atomic mass is 9.90. The van der Waals surface area contributed by atoms with E-state index in [1.54, 1.807) is 0 Å². The van der Waals surface area contributed by atoms with E-state index in [1.807, 2.05) is 0 Å². The summed E-state index contributed by atoms with van der Waals surface area (Å²) < 4.78 is 0. The molecule has 2 aliphatic rings. The Balaban J connectivity index is 1.81. The molecule has 14 heavy (non-hydrogen) atoms. The van der Waals surface area contributed by atoms with Gasteiger partial charge in [0.25, 0.3) is 0 Å². The van der Waals surface area contributed by atoms with Gasteiger partial charge in [-0.05, 0) is 44.4 Å². The fourth-order valence-electron chi connectivity index (χ4n) is 2.59. The largest absolute Gasteiger partial charge is 0.481 e. The van der Waals surface area contributed by atoms with Crippen molar-refractivity contribution in [2.75, 3.05) is 0 Å². The second-order valence-electron chi connectivity index (χ2n) is 5.04. The molecule has 0 bridgehead atoms. The number of hydrogen-bond donors (Lipinski definition) is 2. The Bertz CT molecular complexity index is 235. The summed E-state index contributed by atoms with van der Waals surface area (Å²) in [5.41, 5.74) is 6.09. The van der Waals surface area contributed by atoms with Gasteiger partial charge in [0, 0.05) is 5.54 Å². The van der Waals surface area contributed by atoms with E-state index in [0.717, 1.165) is 44.9 Å². The van der Waals surface area contributed by atoms with Crippen molar-refractivity contribution in [3.63, 3.8) is 0 Å². The van der Waals surface area contributed by atoms with Gasteiger partial charge in [-0.1, -0.05) is 6.42 Å². The lowest BCUT2D eigenvalue weighted by Crippen LogP contribution is -2.25. The van der Waals surface area contributed by atoms with Crippen molar-refractivity contribution < 1.29 is 9.90 Å². The topological polar surface area (TPSA) is 63.3 Å². The van der Waals surface area contributed by atoms with E-state index in [2.05, 4.69) is 0 Å². The van der Waals surface area contributed by atoms with Crippen LogP contribution in [0.25, 0.3) is 0 Å². The lowest BCUT2D eigenvalue weighted by Gasteiger charge is -2.17. The third kappa shape index (κ3) is 2.08. The fraction of sp³-hybridized carbons (Fsp3) is 0.909. The zero-order valence-corrected chi connectivity index (χ0v) is 8.54. The molecule has 3 nitrogen and oxygen atoms in total. The maximum Gasteiger partial charge on any atom is 0.306 e. The van der Waals surface area contributed by atoms with Crippen LogP contribution in [-0.4, -0.2) is 16.6 Å². The standard InChI is InChI=1S/C11H19NO2/c12-11(6-7-11)5-4-8-2-1-3-9(8)10(13)14/h8-9H,1-7,12H2,(H,13,14)/t8?,9-/m0/s1. The normalized spacial score (nSPS) is 34.4. The molecule has 0 amide bonds. The van der Waals surface area contributed by atoms with Crippen molar-refractivity contribution in [2.45, 2.75) is 50.5 Å². The summed E-state index contributed by atoms with van der Waals surface area (Å²) >= 11 is 0. The van der Waals surface area contributed by atoms with Crippen LogP contribution < -0.4 is 5.73 Å². The predicted octanol–water partition coefficient (Wildman–Crippen LogP) is 1.76. The van der Waals surface area contributed by atoms with E-state index in [-0.39, 0.29) is 11.5 Å². The predicted molar refractivity (Wildman–Crippen MR) is 53.9 cm³/mol. The summed E-state index contributed by atoms with van der Waals surface area (Å²) in [5.74, 6) is -0.291. The van der Waals surface area contributed by atoms with Gasteiger partial charge in [-0.3, -0.25) is 4.79 Å². The van der Waals surface area contributed by atoms with Gasteiger partial charge in [0.2, 0.25) is 0 Å². The first kappa shape index (κ1) is 9.97. The minimum absolute atomic E-state index is 0.0858. The van der Waals surface area contributed by atoms with Crippen LogP contribution in [0.15, 0.2) is 0 Å². The Morgan fingerprint density at radius 2 is 2.14 bits per heavy atom. The van der Waals surface area contributed by atoms with Crippen molar-refractivity contribution >= 4 is 5.97 Å². The summed E-state index contributed by atoms with van der Waals surface area (Å²) in [5, 5.41) is 9.00. The number of aliphatic carboxylic acids is 1. The van der Waals surface area contributed by atoms with Crippen molar-refractivity contribution in [3.8, 4) is 0 Å². The van der Waals surface area contributed by atoms with Gasteiger partial charge in [0.05, 0.1) is 5.92 Å². The number of rotatable bonds is 4. The van der Waals surface area contributed by atoms with E-state index in [0.29, 0.717) is 5.92 Å². The minimum atomic E-state index is -0.602. The molecule has 0 radical (unpaired) electrons. The molecule has 3 heteroatoms. The Hall–Kier alpha value is -0.570. The average molecular weight is 197 g/mol. The maximum absolute atomic E-state index is 10.9. The van der Waals surface area contributed by atoms with Gasteiger partial charge in [0.1, 0.15) is 0 Å². The Kier molecular flexibility index (Phi) is 2.52. The number of carbonyl (C=O) groups is 1. The highest BCUT2D eigenvalue weighted by atomic mass is 16.4. The van der Waals surface area contributed by atoms with Crippen LogP contribution in [-0.2, 0) is 4.79 Å². The van der Waals surface area contributed by atoms with E-state index in [4.69, 9.17) is 10.8 Å². The molecular formula is C11H19NO2. The second-order valence-corrected chi connectivity index (χ2v) is 5.04. The summed E-state index contributed by atoms with van der Waals surface area (Å²) in [6.07, 6.45) is 7.37. The Labute approximate surface area is 84.7 Å². The van der Waals surface area contributed by atoms with Crippen LogP contribution in [0.3, 0.4) is 0 Å². The maximum atomic E-state index is 10.9. The van der Waals surface area contributed by atoms with E-state index >= 15 is 0 Å². The van der Waals surface area contributed by atoms with Crippen LogP contribution in [0.1, 0.15) is 44.9 Å². The third-order valence-corrected chi connectivity index (χ3v) is 3.88. The van der Waals surface area contributed by atoms with Crippen molar-refractivity contribution in [2.24, 2.45) is 17.6 Å². The van der Waals surface area contributed by atoms with E-state index in [9.17, 15) is 4.79 Å². The van der Waals surface area contributed by atoms with Crippen molar-refractivity contribution in [3.05, 3.63) is 0 Å². The summed E-state index contributed by atoms with van der Waals surface area (Å²) in [6, 6.07) is 0. The molecule has 2 aliphatic carbocycles. The minimum Gasteiger partial charge on any atom is -0.481 e. The van der Waals surface area contributed by atoms with Crippen molar-refractivity contribution in [1.29, 1.82) is 0 Å². The number of nitrogens with two attached hydrogens (primary N) is 1.